The number of unbranched alkanes of at least 4 members (excludes halogenated alkanes) is 1. The predicted molar refractivity (Wildman–Crippen MR) is 58.5 cm³/mol. The van der Waals surface area contributed by atoms with E-state index in [1.165, 1.54) is 6.92 Å². The molecule has 0 saturated heterocycles. The molecule has 16 heavy (non-hydrogen) atoms. The second-order valence-electron chi connectivity index (χ2n) is 2.80. The molecule has 0 spiro atoms. The van der Waals surface area contributed by atoms with E-state index in [-0.39, 0.29) is 16.4 Å². The van der Waals surface area contributed by atoms with Crippen molar-refractivity contribution in [3.8, 4) is 0 Å². The summed E-state index contributed by atoms with van der Waals surface area (Å²) in [6.07, 6.45) is 2.09. The SMILES string of the molecule is CC(=O)OC(=O)[C@@H](N)CCCCN.O.O.O. The molecule has 10 N–H and O–H groups in total. The standard InChI is InChI=1S/C8H16N2O3.3H2O/c1-6(11)13-8(12)7(10)4-2-3-5-9;;;/h7H,2-5,9-10H2,1H3;3*1H2/t7-;;;/m0.../s1. The minimum atomic E-state index is -0.713. The summed E-state index contributed by atoms with van der Waals surface area (Å²) in [5.74, 6) is -1.29. The molecule has 0 aliphatic rings. The first kappa shape index (κ1) is 24.3. The number of esters is 2. The van der Waals surface area contributed by atoms with Crippen molar-refractivity contribution in [1.29, 1.82) is 0 Å². The maximum absolute atomic E-state index is 10.9. The maximum atomic E-state index is 10.9. The third-order valence-corrected chi connectivity index (χ3v) is 1.52. The van der Waals surface area contributed by atoms with Crippen LogP contribution in [0.5, 0.6) is 0 Å². The van der Waals surface area contributed by atoms with Crippen LogP contribution in [0.4, 0.5) is 0 Å². The van der Waals surface area contributed by atoms with E-state index >= 15 is 0 Å². The summed E-state index contributed by atoms with van der Waals surface area (Å²) in [5.41, 5.74) is 10.7. The second kappa shape index (κ2) is 13.9. The summed E-state index contributed by atoms with van der Waals surface area (Å²) >= 11 is 0. The maximum Gasteiger partial charge on any atom is 0.330 e. The van der Waals surface area contributed by atoms with E-state index in [1.54, 1.807) is 0 Å². The highest BCUT2D eigenvalue weighted by atomic mass is 16.6. The average Bonchev–Trinajstić information content (AvgIpc) is 2.03. The number of carbonyl (C=O) groups excluding carboxylic acids is 2. The van der Waals surface area contributed by atoms with Crippen LogP contribution in [-0.4, -0.2) is 41.0 Å². The van der Waals surface area contributed by atoms with Gasteiger partial charge >= 0.3 is 11.9 Å². The molecule has 0 radical (unpaired) electrons. The van der Waals surface area contributed by atoms with Crippen LogP contribution >= 0.6 is 0 Å². The van der Waals surface area contributed by atoms with Crippen molar-refractivity contribution in [1.82, 2.24) is 0 Å². The van der Waals surface area contributed by atoms with Crippen LogP contribution in [0.15, 0.2) is 0 Å². The molecular formula is C8H22N2O6. The first-order valence-electron chi connectivity index (χ1n) is 4.26. The molecule has 0 bridgehead atoms. The van der Waals surface area contributed by atoms with Crippen LogP contribution in [0.1, 0.15) is 26.2 Å². The number of rotatable bonds is 5. The van der Waals surface area contributed by atoms with E-state index < -0.39 is 18.0 Å². The van der Waals surface area contributed by atoms with Gasteiger partial charge in [-0.3, -0.25) is 4.79 Å². The molecule has 0 saturated carbocycles. The fourth-order valence-corrected chi connectivity index (χ4v) is 0.844. The van der Waals surface area contributed by atoms with Crippen LogP contribution < -0.4 is 11.5 Å². The van der Waals surface area contributed by atoms with Gasteiger partial charge in [0.05, 0.1) is 0 Å². The Hall–Kier alpha value is -1.06. The van der Waals surface area contributed by atoms with Gasteiger partial charge in [0.2, 0.25) is 0 Å². The lowest BCUT2D eigenvalue weighted by Gasteiger charge is -2.08. The normalized spacial score (nSPS) is 9.94. The van der Waals surface area contributed by atoms with Crippen molar-refractivity contribution in [2.45, 2.75) is 32.2 Å². The van der Waals surface area contributed by atoms with E-state index in [1.807, 2.05) is 0 Å². The van der Waals surface area contributed by atoms with Gasteiger partial charge in [0.25, 0.3) is 0 Å². The summed E-state index contributed by atoms with van der Waals surface area (Å²) in [5, 5.41) is 0. The van der Waals surface area contributed by atoms with Gasteiger partial charge < -0.3 is 32.6 Å². The summed E-state index contributed by atoms with van der Waals surface area (Å²) in [7, 11) is 0. The smallest absolute Gasteiger partial charge is 0.330 e. The highest BCUT2D eigenvalue weighted by Crippen LogP contribution is 1.99. The molecule has 0 unspecified atom stereocenters. The summed E-state index contributed by atoms with van der Waals surface area (Å²) in [6, 6.07) is -0.713. The zero-order valence-electron chi connectivity index (χ0n) is 9.29. The van der Waals surface area contributed by atoms with Crippen molar-refractivity contribution < 1.29 is 30.8 Å². The lowest BCUT2D eigenvalue weighted by atomic mass is 10.1. The number of nitrogens with two attached hydrogens (primary N) is 2. The molecule has 0 fully saturated rings. The van der Waals surface area contributed by atoms with E-state index in [0.29, 0.717) is 13.0 Å². The van der Waals surface area contributed by atoms with Crippen molar-refractivity contribution >= 4 is 11.9 Å². The molecule has 0 rings (SSSR count). The molecule has 0 aliphatic heterocycles. The first-order chi connectivity index (χ1) is 6.07. The Bertz CT molecular complexity index is 187. The molecule has 0 aromatic carbocycles. The molecule has 100 valence electrons. The third kappa shape index (κ3) is 12.9. The zero-order valence-corrected chi connectivity index (χ0v) is 9.29. The molecular weight excluding hydrogens is 220 g/mol. The van der Waals surface area contributed by atoms with Crippen molar-refractivity contribution in [2.75, 3.05) is 6.54 Å². The lowest BCUT2D eigenvalue weighted by Crippen LogP contribution is -2.33. The average molecular weight is 242 g/mol. The lowest BCUT2D eigenvalue weighted by molar-refractivity contribution is -0.159. The van der Waals surface area contributed by atoms with Gasteiger partial charge in [-0.15, -0.1) is 0 Å². The Morgan fingerprint density at radius 1 is 1.19 bits per heavy atom. The monoisotopic (exact) mass is 242 g/mol. The van der Waals surface area contributed by atoms with Gasteiger partial charge in [0.15, 0.2) is 0 Å². The largest absolute Gasteiger partial charge is 0.412 e. The van der Waals surface area contributed by atoms with Gasteiger partial charge in [-0.05, 0) is 19.4 Å². The minimum absolute atomic E-state index is 0. The highest BCUT2D eigenvalue weighted by Gasteiger charge is 2.15. The Kier molecular flexibility index (Phi) is 21.1. The van der Waals surface area contributed by atoms with Gasteiger partial charge in [-0.25, -0.2) is 4.79 Å². The Labute approximate surface area is 93.9 Å². The molecule has 0 amide bonds. The van der Waals surface area contributed by atoms with E-state index in [2.05, 4.69) is 4.74 Å². The second-order valence-corrected chi connectivity index (χ2v) is 2.80. The third-order valence-electron chi connectivity index (χ3n) is 1.52. The summed E-state index contributed by atoms with van der Waals surface area (Å²) in [4.78, 5) is 21.3. The Balaban J connectivity index is -0.000000240. The Morgan fingerprint density at radius 3 is 2.06 bits per heavy atom. The van der Waals surface area contributed by atoms with Crippen molar-refractivity contribution in [3.05, 3.63) is 0 Å². The van der Waals surface area contributed by atoms with Crippen LogP contribution in [-0.2, 0) is 14.3 Å². The van der Waals surface area contributed by atoms with E-state index in [0.717, 1.165) is 12.8 Å². The quantitative estimate of drug-likeness (QED) is 0.295. The molecule has 8 heteroatoms. The number of hydrogen-bond acceptors (Lipinski definition) is 5. The molecule has 0 heterocycles. The molecule has 8 nitrogen and oxygen atoms in total. The molecule has 0 aliphatic carbocycles. The summed E-state index contributed by atoms with van der Waals surface area (Å²) < 4.78 is 4.31. The zero-order chi connectivity index (χ0) is 10.3. The molecule has 0 aromatic rings. The van der Waals surface area contributed by atoms with Gasteiger partial charge in [0, 0.05) is 6.92 Å². The summed E-state index contributed by atoms with van der Waals surface area (Å²) in [6.45, 7) is 1.75. The van der Waals surface area contributed by atoms with Gasteiger partial charge in [0.1, 0.15) is 6.04 Å². The molecule has 1 atom stereocenters. The fourth-order valence-electron chi connectivity index (χ4n) is 0.844. The van der Waals surface area contributed by atoms with E-state index in [4.69, 9.17) is 11.5 Å². The van der Waals surface area contributed by atoms with Gasteiger partial charge in [-0.1, -0.05) is 6.42 Å². The number of carbonyl (C=O) groups is 2. The number of hydrogen-bond donors (Lipinski definition) is 2. The van der Waals surface area contributed by atoms with Crippen LogP contribution in [0.2, 0.25) is 0 Å². The first-order valence-corrected chi connectivity index (χ1v) is 4.26. The van der Waals surface area contributed by atoms with Crippen molar-refractivity contribution in [2.24, 2.45) is 11.5 Å². The topological polar surface area (TPSA) is 190 Å². The van der Waals surface area contributed by atoms with Gasteiger partial charge in [-0.2, -0.15) is 0 Å². The predicted octanol–water partition coefficient (Wildman–Crippen LogP) is -2.94. The van der Waals surface area contributed by atoms with Crippen LogP contribution in [0.3, 0.4) is 0 Å². The number of ether oxygens (including phenoxy) is 1. The highest BCUT2D eigenvalue weighted by molar-refractivity contribution is 5.87. The Morgan fingerprint density at radius 2 is 1.69 bits per heavy atom. The minimum Gasteiger partial charge on any atom is -0.412 e. The fraction of sp³-hybridized carbons (Fsp3) is 0.750. The van der Waals surface area contributed by atoms with Crippen LogP contribution in [0, 0.1) is 0 Å². The molecule has 0 aromatic heterocycles. The van der Waals surface area contributed by atoms with E-state index in [9.17, 15) is 9.59 Å². The van der Waals surface area contributed by atoms with Crippen LogP contribution in [0.25, 0.3) is 0 Å². The van der Waals surface area contributed by atoms with Crippen molar-refractivity contribution in [3.63, 3.8) is 0 Å².